The fourth-order valence-corrected chi connectivity index (χ4v) is 2.77. The number of aromatic nitrogens is 1. The quantitative estimate of drug-likeness (QED) is 0.850. The third-order valence-electron chi connectivity index (χ3n) is 4.06. The molecule has 2 heterocycles. The summed E-state index contributed by atoms with van der Waals surface area (Å²) in [5, 5.41) is 3.06. The molecule has 1 aliphatic carbocycles. The molecule has 0 bridgehead atoms. The lowest BCUT2D eigenvalue weighted by Crippen LogP contribution is -2.35. The predicted molar refractivity (Wildman–Crippen MR) is 65.5 cm³/mol. The van der Waals surface area contributed by atoms with Crippen LogP contribution in [0.5, 0.6) is 0 Å². The number of anilines is 1. The van der Waals surface area contributed by atoms with Crippen molar-refractivity contribution >= 4 is 11.7 Å². The van der Waals surface area contributed by atoms with E-state index in [4.69, 9.17) is 0 Å². The van der Waals surface area contributed by atoms with Crippen molar-refractivity contribution in [3.8, 4) is 0 Å². The molecule has 2 unspecified atom stereocenters. The number of hydrogen-bond acceptors (Lipinski definition) is 3. The lowest BCUT2D eigenvalue weighted by molar-refractivity contribution is -0.128. The number of pyridine rings is 1. The van der Waals surface area contributed by atoms with Gasteiger partial charge in [0.15, 0.2) is 0 Å². The molecule has 2 fully saturated rings. The molecule has 1 saturated heterocycles. The topological polar surface area (TPSA) is 45.2 Å². The minimum atomic E-state index is 0.190. The number of likely N-dealkylation sites (tertiary alicyclic amines) is 1. The Hall–Kier alpha value is -1.58. The first kappa shape index (κ1) is 10.6. The fraction of sp³-hybridized carbons (Fsp3) is 0.538. The molecule has 4 nitrogen and oxygen atoms in total. The molecule has 1 saturated carbocycles. The molecule has 0 spiro atoms. The molecule has 1 aromatic heterocycles. The highest BCUT2D eigenvalue weighted by atomic mass is 16.2. The van der Waals surface area contributed by atoms with Crippen molar-refractivity contribution in [1.82, 2.24) is 9.88 Å². The van der Waals surface area contributed by atoms with Gasteiger partial charge in [-0.25, -0.2) is 4.98 Å². The van der Waals surface area contributed by atoms with E-state index in [1.807, 2.05) is 23.1 Å². The highest BCUT2D eigenvalue weighted by molar-refractivity contribution is 5.81. The minimum Gasteiger partial charge on any atom is -0.361 e. The maximum Gasteiger partial charge on any atom is 0.241 e. The summed E-state index contributed by atoms with van der Waals surface area (Å²) in [6, 6.07) is 5.64. The molecule has 3 rings (SSSR count). The van der Waals surface area contributed by atoms with Crippen LogP contribution >= 0.6 is 0 Å². The molecular weight excluding hydrogens is 214 g/mol. The number of hydrogen-bond donors (Lipinski definition) is 1. The van der Waals surface area contributed by atoms with E-state index < -0.39 is 0 Å². The highest BCUT2D eigenvalue weighted by Gasteiger charge is 2.53. The number of carbonyl (C=O) groups excluding carboxylic acids is 1. The molecule has 2 aliphatic rings. The summed E-state index contributed by atoms with van der Waals surface area (Å²) in [5.74, 6) is 3.33. The Morgan fingerprint density at radius 3 is 2.88 bits per heavy atom. The van der Waals surface area contributed by atoms with Gasteiger partial charge in [0.2, 0.25) is 5.91 Å². The molecule has 0 radical (unpaired) electrons. The number of nitrogens with one attached hydrogen (secondary N) is 1. The number of piperidine rings is 1. The first-order valence-electron chi connectivity index (χ1n) is 6.18. The van der Waals surface area contributed by atoms with Crippen LogP contribution in [0.3, 0.4) is 0 Å². The van der Waals surface area contributed by atoms with Crippen LogP contribution in [0.4, 0.5) is 5.82 Å². The predicted octanol–water partition coefficient (Wildman–Crippen LogP) is 1.22. The minimum absolute atomic E-state index is 0.190. The van der Waals surface area contributed by atoms with E-state index in [9.17, 15) is 4.79 Å². The van der Waals surface area contributed by atoms with Gasteiger partial charge in [-0.3, -0.25) is 4.79 Å². The second kappa shape index (κ2) is 4.02. The molecule has 1 N–H and O–H groups in total. The van der Waals surface area contributed by atoms with Crippen molar-refractivity contribution in [2.45, 2.75) is 6.92 Å². The number of nitrogens with zero attached hydrogens (tertiary/aromatic N) is 2. The summed E-state index contributed by atoms with van der Waals surface area (Å²) in [6.07, 6.45) is 1.72. The maximum absolute atomic E-state index is 11.9. The van der Waals surface area contributed by atoms with Gasteiger partial charge in [0, 0.05) is 19.3 Å². The SMILES string of the molecule is CC1C2CN(C(=O)CNc3ccccn3)CC12. The molecule has 90 valence electrons. The van der Waals surface area contributed by atoms with Crippen LogP contribution in [0.2, 0.25) is 0 Å². The first-order valence-corrected chi connectivity index (χ1v) is 6.18. The third kappa shape index (κ3) is 1.99. The molecule has 0 aromatic carbocycles. The number of fused-ring (bicyclic) bond motifs is 1. The first-order chi connectivity index (χ1) is 8.25. The molecule has 1 aromatic rings. The third-order valence-corrected chi connectivity index (χ3v) is 4.06. The molecule has 4 heteroatoms. The summed E-state index contributed by atoms with van der Waals surface area (Å²) in [7, 11) is 0. The van der Waals surface area contributed by atoms with E-state index in [0.717, 1.165) is 36.7 Å². The zero-order chi connectivity index (χ0) is 11.8. The molecule has 17 heavy (non-hydrogen) atoms. The van der Waals surface area contributed by atoms with Crippen molar-refractivity contribution in [3.05, 3.63) is 24.4 Å². The normalized spacial score (nSPS) is 29.9. The van der Waals surface area contributed by atoms with Gasteiger partial charge in [0.1, 0.15) is 5.82 Å². The lowest BCUT2D eigenvalue weighted by atomic mass is 10.3. The standard InChI is InChI=1S/C13H17N3O/c1-9-10-7-16(8-11(9)10)13(17)6-15-12-4-2-3-5-14-12/h2-5,9-11H,6-8H2,1H3,(H,14,15). The molecule has 1 amide bonds. The van der Waals surface area contributed by atoms with E-state index in [1.165, 1.54) is 0 Å². The smallest absolute Gasteiger partial charge is 0.241 e. The van der Waals surface area contributed by atoms with E-state index in [2.05, 4.69) is 17.2 Å². The van der Waals surface area contributed by atoms with Gasteiger partial charge in [-0.15, -0.1) is 0 Å². The van der Waals surface area contributed by atoms with Gasteiger partial charge < -0.3 is 10.2 Å². The van der Waals surface area contributed by atoms with Crippen molar-refractivity contribution < 1.29 is 4.79 Å². The van der Waals surface area contributed by atoms with Crippen LogP contribution in [0.25, 0.3) is 0 Å². The van der Waals surface area contributed by atoms with Gasteiger partial charge in [0.25, 0.3) is 0 Å². The lowest BCUT2D eigenvalue weighted by Gasteiger charge is -2.19. The van der Waals surface area contributed by atoms with Crippen LogP contribution in [-0.2, 0) is 4.79 Å². The maximum atomic E-state index is 11.9. The van der Waals surface area contributed by atoms with E-state index in [1.54, 1.807) is 6.20 Å². The number of amides is 1. The Bertz CT molecular complexity index is 408. The summed E-state index contributed by atoms with van der Waals surface area (Å²) < 4.78 is 0. The summed E-state index contributed by atoms with van der Waals surface area (Å²) in [5.41, 5.74) is 0. The Kier molecular flexibility index (Phi) is 2.50. The fourth-order valence-electron chi connectivity index (χ4n) is 2.77. The highest BCUT2D eigenvalue weighted by Crippen LogP contribution is 2.51. The van der Waals surface area contributed by atoms with Gasteiger partial charge >= 0.3 is 0 Å². The van der Waals surface area contributed by atoms with Crippen LogP contribution in [0, 0.1) is 17.8 Å². The summed E-state index contributed by atoms with van der Waals surface area (Å²) in [6.45, 7) is 4.54. The van der Waals surface area contributed by atoms with Crippen LogP contribution in [-0.4, -0.2) is 35.4 Å². The Balaban J connectivity index is 1.49. The Labute approximate surface area is 101 Å². The van der Waals surface area contributed by atoms with E-state index in [-0.39, 0.29) is 5.91 Å². The van der Waals surface area contributed by atoms with E-state index in [0.29, 0.717) is 6.54 Å². The number of carbonyl (C=O) groups is 1. The summed E-state index contributed by atoms with van der Waals surface area (Å²) in [4.78, 5) is 18.0. The molecular formula is C13H17N3O. The van der Waals surface area contributed by atoms with Gasteiger partial charge in [0.05, 0.1) is 6.54 Å². The Morgan fingerprint density at radius 2 is 2.24 bits per heavy atom. The largest absolute Gasteiger partial charge is 0.361 e. The average molecular weight is 231 g/mol. The van der Waals surface area contributed by atoms with Crippen molar-refractivity contribution in [3.63, 3.8) is 0 Å². The monoisotopic (exact) mass is 231 g/mol. The van der Waals surface area contributed by atoms with Gasteiger partial charge in [-0.2, -0.15) is 0 Å². The van der Waals surface area contributed by atoms with Crippen LogP contribution in [0.1, 0.15) is 6.92 Å². The average Bonchev–Trinajstić information content (AvgIpc) is 2.81. The second-order valence-corrected chi connectivity index (χ2v) is 5.05. The van der Waals surface area contributed by atoms with Crippen LogP contribution < -0.4 is 5.32 Å². The van der Waals surface area contributed by atoms with Crippen molar-refractivity contribution in [1.29, 1.82) is 0 Å². The molecule has 2 atom stereocenters. The van der Waals surface area contributed by atoms with Gasteiger partial charge in [-0.05, 0) is 29.9 Å². The number of rotatable bonds is 3. The van der Waals surface area contributed by atoms with Crippen molar-refractivity contribution in [2.75, 3.05) is 25.0 Å². The second-order valence-electron chi connectivity index (χ2n) is 5.05. The zero-order valence-electron chi connectivity index (χ0n) is 9.97. The molecule has 1 aliphatic heterocycles. The zero-order valence-corrected chi connectivity index (χ0v) is 9.97. The van der Waals surface area contributed by atoms with Gasteiger partial charge in [-0.1, -0.05) is 13.0 Å². The Morgan fingerprint density at radius 1 is 1.47 bits per heavy atom. The van der Waals surface area contributed by atoms with E-state index >= 15 is 0 Å². The van der Waals surface area contributed by atoms with Crippen molar-refractivity contribution in [2.24, 2.45) is 17.8 Å². The summed E-state index contributed by atoms with van der Waals surface area (Å²) >= 11 is 0. The van der Waals surface area contributed by atoms with Crippen LogP contribution in [0.15, 0.2) is 24.4 Å².